The lowest BCUT2D eigenvalue weighted by Crippen LogP contribution is -2.54. The van der Waals surface area contributed by atoms with Crippen molar-refractivity contribution in [1.82, 2.24) is 9.80 Å². The standard InChI is InChI=1S/C16H23ClN2O/c1-16(2,3)19-10-8-18(9-11-19)15(20)14-6-4-13(12-17)5-7-14/h4-7H,8-12H2,1-3H3. The molecule has 1 heterocycles. The average Bonchev–Trinajstić information content (AvgIpc) is 2.46. The number of piperazine rings is 1. The molecule has 1 aliphatic rings. The van der Waals surface area contributed by atoms with Crippen molar-refractivity contribution in [1.29, 1.82) is 0 Å². The number of hydrogen-bond donors (Lipinski definition) is 0. The van der Waals surface area contributed by atoms with Crippen molar-refractivity contribution in [2.24, 2.45) is 0 Å². The fourth-order valence-corrected chi connectivity index (χ4v) is 2.68. The van der Waals surface area contributed by atoms with Gasteiger partial charge in [0.25, 0.3) is 5.91 Å². The minimum absolute atomic E-state index is 0.125. The third-order valence-corrected chi connectivity index (χ3v) is 4.18. The summed E-state index contributed by atoms with van der Waals surface area (Å²) in [6.07, 6.45) is 0. The summed E-state index contributed by atoms with van der Waals surface area (Å²) in [5, 5.41) is 0. The fourth-order valence-electron chi connectivity index (χ4n) is 2.50. The van der Waals surface area contributed by atoms with E-state index in [1.54, 1.807) is 0 Å². The van der Waals surface area contributed by atoms with Crippen molar-refractivity contribution < 1.29 is 4.79 Å². The van der Waals surface area contributed by atoms with E-state index in [0.29, 0.717) is 5.88 Å². The zero-order valence-corrected chi connectivity index (χ0v) is 13.3. The number of benzene rings is 1. The summed E-state index contributed by atoms with van der Waals surface area (Å²) in [5.74, 6) is 0.610. The normalized spacial score (nSPS) is 17.3. The number of carbonyl (C=O) groups is 1. The van der Waals surface area contributed by atoms with Gasteiger partial charge in [-0.1, -0.05) is 12.1 Å². The van der Waals surface area contributed by atoms with E-state index < -0.39 is 0 Å². The van der Waals surface area contributed by atoms with Crippen LogP contribution in [0, 0.1) is 0 Å². The minimum Gasteiger partial charge on any atom is -0.336 e. The van der Waals surface area contributed by atoms with Crippen molar-refractivity contribution in [3.63, 3.8) is 0 Å². The summed E-state index contributed by atoms with van der Waals surface area (Å²) < 4.78 is 0. The van der Waals surface area contributed by atoms with Gasteiger partial charge in [-0.05, 0) is 38.5 Å². The van der Waals surface area contributed by atoms with E-state index in [4.69, 9.17) is 11.6 Å². The van der Waals surface area contributed by atoms with Crippen LogP contribution in [0.1, 0.15) is 36.7 Å². The van der Waals surface area contributed by atoms with Crippen LogP contribution in [-0.4, -0.2) is 47.4 Å². The predicted octanol–water partition coefficient (Wildman–Crippen LogP) is 2.98. The van der Waals surface area contributed by atoms with Gasteiger partial charge in [0.15, 0.2) is 0 Å². The molecule has 0 aromatic heterocycles. The van der Waals surface area contributed by atoms with E-state index in [1.165, 1.54) is 0 Å². The first kappa shape index (κ1) is 15.3. The van der Waals surface area contributed by atoms with Crippen LogP contribution in [0.4, 0.5) is 0 Å². The Morgan fingerprint density at radius 2 is 1.65 bits per heavy atom. The van der Waals surface area contributed by atoms with Gasteiger partial charge in [-0.3, -0.25) is 9.69 Å². The minimum atomic E-state index is 0.125. The van der Waals surface area contributed by atoms with E-state index >= 15 is 0 Å². The fraction of sp³-hybridized carbons (Fsp3) is 0.562. The van der Waals surface area contributed by atoms with Gasteiger partial charge in [0.1, 0.15) is 0 Å². The van der Waals surface area contributed by atoms with Crippen LogP contribution in [0.2, 0.25) is 0 Å². The molecule has 0 radical (unpaired) electrons. The number of nitrogens with zero attached hydrogens (tertiary/aromatic N) is 2. The molecule has 20 heavy (non-hydrogen) atoms. The monoisotopic (exact) mass is 294 g/mol. The van der Waals surface area contributed by atoms with E-state index in [1.807, 2.05) is 29.2 Å². The highest BCUT2D eigenvalue weighted by molar-refractivity contribution is 6.17. The highest BCUT2D eigenvalue weighted by atomic mass is 35.5. The summed E-state index contributed by atoms with van der Waals surface area (Å²) in [7, 11) is 0. The Balaban J connectivity index is 1.97. The summed E-state index contributed by atoms with van der Waals surface area (Å²) in [4.78, 5) is 16.8. The zero-order chi connectivity index (χ0) is 14.8. The molecule has 1 amide bonds. The first-order valence-corrected chi connectivity index (χ1v) is 7.64. The molecule has 1 saturated heterocycles. The molecule has 1 aliphatic heterocycles. The highest BCUT2D eigenvalue weighted by Gasteiger charge is 2.28. The molecule has 0 spiro atoms. The van der Waals surface area contributed by atoms with Gasteiger partial charge in [-0.25, -0.2) is 0 Å². The lowest BCUT2D eigenvalue weighted by Gasteiger charge is -2.42. The Hall–Kier alpha value is -1.06. The van der Waals surface area contributed by atoms with Crippen molar-refractivity contribution in [2.45, 2.75) is 32.2 Å². The average molecular weight is 295 g/mol. The van der Waals surface area contributed by atoms with Crippen molar-refractivity contribution in [2.75, 3.05) is 26.2 Å². The summed E-state index contributed by atoms with van der Waals surface area (Å²) in [6.45, 7) is 10.1. The maximum Gasteiger partial charge on any atom is 0.253 e. The first-order valence-electron chi connectivity index (χ1n) is 7.11. The molecule has 0 aliphatic carbocycles. The molecular weight excluding hydrogens is 272 g/mol. The van der Waals surface area contributed by atoms with E-state index in [0.717, 1.165) is 37.3 Å². The molecule has 1 aromatic rings. The van der Waals surface area contributed by atoms with Gasteiger partial charge in [-0.15, -0.1) is 11.6 Å². The van der Waals surface area contributed by atoms with E-state index in [2.05, 4.69) is 25.7 Å². The smallest absolute Gasteiger partial charge is 0.253 e. The molecule has 4 heteroatoms. The molecule has 2 rings (SSSR count). The van der Waals surface area contributed by atoms with Crippen LogP contribution in [0.3, 0.4) is 0 Å². The predicted molar refractivity (Wildman–Crippen MR) is 83.2 cm³/mol. The van der Waals surface area contributed by atoms with Crippen LogP contribution in [0.5, 0.6) is 0 Å². The quantitative estimate of drug-likeness (QED) is 0.783. The SMILES string of the molecule is CC(C)(C)N1CCN(C(=O)c2ccc(CCl)cc2)CC1. The van der Waals surface area contributed by atoms with Gasteiger partial charge < -0.3 is 4.90 Å². The van der Waals surface area contributed by atoms with Gasteiger partial charge >= 0.3 is 0 Å². The summed E-state index contributed by atoms with van der Waals surface area (Å²) >= 11 is 5.77. The molecule has 0 bridgehead atoms. The molecule has 0 N–H and O–H groups in total. The Morgan fingerprint density at radius 3 is 2.10 bits per heavy atom. The third-order valence-electron chi connectivity index (χ3n) is 3.87. The topological polar surface area (TPSA) is 23.6 Å². The molecule has 1 fully saturated rings. The molecule has 0 saturated carbocycles. The van der Waals surface area contributed by atoms with Crippen molar-refractivity contribution in [3.05, 3.63) is 35.4 Å². The van der Waals surface area contributed by atoms with Crippen LogP contribution in [0.25, 0.3) is 0 Å². The van der Waals surface area contributed by atoms with Gasteiger partial charge in [-0.2, -0.15) is 0 Å². The van der Waals surface area contributed by atoms with Gasteiger partial charge in [0, 0.05) is 43.2 Å². The Kier molecular flexibility index (Phi) is 4.71. The highest BCUT2D eigenvalue weighted by Crippen LogP contribution is 2.17. The van der Waals surface area contributed by atoms with E-state index in [9.17, 15) is 4.79 Å². The van der Waals surface area contributed by atoms with Crippen molar-refractivity contribution in [3.8, 4) is 0 Å². The number of hydrogen-bond acceptors (Lipinski definition) is 2. The lowest BCUT2D eigenvalue weighted by atomic mass is 10.0. The lowest BCUT2D eigenvalue weighted by molar-refractivity contribution is 0.0451. The summed E-state index contributed by atoms with van der Waals surface area (Å²) in [5.41, 5.74) is 1.97. The number of halogens is 1. The Bertz CT molecular complexity index is 456. The van der Waals surface area contributed by atoms with Crippen LogP contribution in [-0.2, 0) is 5.88 Å². The molecule has 3 nitrogen and oxygen atoms in total. The summed E-state index contributed by atoms with van der Waals surface area (Å²) in [6, 6.07) is 7.59. The number of amides is 1. The largest absolute Gasteiger partial charge is 0.336 e. The number of carbonyl (C=O) groups excluding carboxylic acids is 1. The Morgan fingerprint density at radius 1 is 1.10 bits per heavy atom. The molecule has 110 valence electrons. The second-order valence-corrected chi connectivity index (χ2v) is 6.55. The molecule has 1 aromatic carbocycles. The van der Waals surface area contributed by atoms with Gasteiger partial charge in [0.05, 0.1) is 0 Å². The molecular formula is C16H23ClN2O. The van der Waals surface area contributed by atoms with Gasteiger partial charge in [0.2, 0.25) is 0 Å². The van der Waals surface area contributed by atoms with Crippen LogP contribution < -0.4 is 0 Å². The zero-order valence-electron chi connectivity index (χ0n) is 12.5. The second kappa shape index (κ2) is 6.15. The maximum absolute atomic E-state index is 12.4. The Labute approximate surface area is 126 Å². The molecule has 0 unspecified atom stereocenters. The van der Waals surface area contributed by atoms with E-state index in [-0.39, 0.29) is 11.4 Å². The third kappa shape index (κ3) is 3.53. The number of alkyl halides is 1. The number of rotatable bonds is 2. The molecule has 0 atom stereocenters. The van der Waals surface area contributed by atoms with Crippen LogP contribution >= 0.6 is 11.6 Å². The first-order chi connectivity index (χ1) is 9.41. The second-order valence-electron chi connectivity index (χ2n) is 6.28. The maximum atomic E-state index is 12.4. The van der Waals surface area contributed by atoms with Crippen LogP contribution in [0.15, 0.2) is 24.3 Å². The van der Waals surface area contributed by atoms with Crippen molar-refractivity contribution >= 4 is 17.5 Å².